The van der Waals surface area contributed by atoms with E-state index in [1.165, 1.54) is 0 Å². The molecule has 1 spiro atoms. The van der Waals surface area contributed by atoms with Crippen LogP contribution in [0.15, 0.2) is 36.8 Å². The molecule has 0 bridgehead atoms. The fraction of sp³-hybridized carbons (Fsp3) is 0.471. The van der Waals surface area contributed by atoms with Crippen LogP contribution in [0.25, 0.3) is 0 Å². The molecule has 24 heavy (non-hydrogen) atoms. The van der Waals surface area contributed by atoms with Crippen LogP contribution in [-0.4, -0.2) is 57.2 Å². The summed E-state index contributed by atoms with van der Waals surface area (Å²) in [5, 5.41) is 0. The Morgan fingerprint density at radius 3 is 3.04 bits per heavy atom. The molecule has 2 aliphatic heterocycles. The Morgan fingerprint density at radius 2 is 2.25 bits per heavy atom. The molecule has 0 aliphatic carbocycles. The molecule has 4 heterocycles. The van der Waals surface area contributed by atoms with Crippen molar-refractivity contribution in [2.75, 3.05) is 19.7 Å². The number of aromatic nitrogens is 3. The third-order valence-electron chi connectivity index (χ3n) is 4.64. The zero-order valence-corrected chi connectivity index (χ0v) is 13.4. The number of hydrogen-bond donors (Lipinski definition) is 1. The number of H-pyrrole nitrogens is 1. The number of hydrogen-bond acceptors (Lipinski definition) is 5. The third-order valence-corrected chi connectivity index (χ3v) is 4.64. The van der Waals surface area contributed by atoms with E-state index in [4.69, 9.17) is 9.47 Å². The number of carbonyl (C=O) groups is 1. The van der Waals surface area contributed by atoms with Gasteiger partial charge in [-0.25, -0.2) is 9.97 Å². The van der Waals surface area contributed by atoms with Gasteiger partial charge in [0.05, 0.1) is 18.8 Å². The molecule has 0 radical (unpaired) electrons. The van der Waals surface area contributed by atoms with Crippen LogP contribution in [0.4, 0.5) is 0 Å². The predicted molar refractivity (Wildman–Crippen MR) is 85.7 cm³/mol. The van der Waals surface area contributed by atoms with Crippen LogP contribution in [-0.2, 0) is 4.74 Å². The second-order valence-electron chi connectivity index (χ2n) is 6.38. The van der Waals surface area contributed by atoms with Crippen molar-refractivity contribution in [3.8, 4) is 6.01 Å². The van der Waals surface area contributed by atoms with Crippen molar-refractivity contribution in [3.63, 3.8) is 0 Å². The molecule has 4 rings (SSSR count). The van der Waals surface area contributed by atoms with E-state index in [9.17, 15) is 4.79 Å². The molecule has 0 saturated carbocycles. The van der Waals surface area contributed by atoms with E-state index < -0.39 is 0 Å². The largest absolute Gasteiger partial charge is 0.458 e. The second-order valence-corrected chi connectivity index (χ2v) is 6.38. The molecule has 126 valence electrons. The van der Waals surface area contributed by atoms with Crippen LogP contribution in [0.3, 0.4) is 0 Å². The summed E-state index contributed by atoms with van der Waals surface area (Å²) < 4.78 is 11.9. The highest BCUT2D eigenvalue weighted by Crippen LogP contribution is 2.36. The van der Waals surface area contributed by atoms with E-state index in [0.29, 0.717) is 24.9 Å². The lowest BCUT2D eigenvalue weighted by Crippen LogP contribution is -2.50. The molecule has 2 fully saturated rings. The number of nitrogens with one attached hydrogen (secondary N) is 1. The maximum absolute atomic E-state index is 12.6. The number of likely N-dealkylation sites (tertiary alicyclic amines) is 1. The minimum Gasteiger partial charge on any atom is -0.458 e. The van der Waals surface area contributed by atoms with Crippen molar-refractivity contribution in [2.45, 2.75) is 31.0 Å². The van der Waals surface area contributed by atoms with E-state index in [2.05, 4.69) is 15.0 Å². The average molecular weight is 328 g/mol. The normalized spacial score (nSPS) is 26.7. The molecule has 2 aliphatic rings. The van der Waals surface area contributed by atoms with E-state index in [-0.39, 0.29) is 17.6 Å². The van der Waals surface area contributed by atoms with Crippen LogP contribution in [0, 0.1) is 0 Å². The summed E-state index contributed by atoms with van der Waals surface area (Å²) in [6.45, 7) is 1.86. The summed E-state index contributed by atoms with van der Waals surface area (Å²) in [4.78, 5) is 25.6. The lowest BCUT2D eigenvalue weighted by atomic mass is 9.89. The fourth-order valence-corrected chi connectivity index (χ4v) is 3.56. The van der Waals surface area contributed by atoms with Gasteiger partial charge in [0.2, 0.25) is 0 Å². The SMILES string of the molecule is O=C(c1ccc[nH]1)N1CCC[C@@]2(C[C@H](Oc3ncccn3)CO2)C1. The zero-order chi connectivity index (χ0) is 16.4. The molecule has 1 amide bonds. The van der Waals surface area contributed by atoms with Gasteiger partial charge in [0.1, 0.15) is 11.8 Å². The first-order valence-corrected chi connectivity index (χ1v) is 8.24. The van der Waals surface area contributed by atoms with E-state index >= 15 is 0 Å². The highest BCUT2D eigenvalue weighted by atomic mass is 16.6. The molecule has 7 heteroatoms. The van der Waals surface area contributed by atoms with Gasteiger partial charge in [0.15, 0.2) is 0 Å². The van der Waals surface area contributed by atoms with Crippen LogP contribution in [0.5, 0.6) is 6.01 Å². The number of aromatic amines is 1. The topological polar surface area (TPSA) is 80.3 Å². The molecule has 2 aromatic heterocycles. The lowest BCUT2D eigenvalue weighted by molar-refractivity contribution is -0.0454. The Labute approximate surface area is 140 Å². The van der Waals surface area contributed by atoms with E-state index in [1.807, 2.05) is 11.0 Å². The first-order chi connectivity index (χ1) is 11.7. The first-order valence-electron chi connectivity index (χ1n) is 8.24. The quantitative estimate of drug-likeness (QED) is 0.926. The van der Waals surface area contributed by atoms with Crippen LogP contribution in [0.1, 0.15) is 29.8 Å². The highest BCUT2D eigenvalue weighted by molar-refractivity contribution is 5.92. The van der Waals surface area contributed by atoms with Gasteiger partial charge in [0, 0.05) is 31.6 Å². The summed E-state index contributed by atoms with van der Waals surface area (Å²) in [6, 6.07) is 5.77. The standard InChI is InChI=1S/C17H20N4O3/c22-15(14-4-1-6-18-14)21-9-2-5-17(12-21)10-13(11-23-17)24-16-19-7-3-8-20-16/h1,3-4,6-8,13,18H,2,5,9-12H2/t13-,17+/m0/s1. The maximum Gasteiger partial charge on any atom is 0.316 e. The molecule has 2 saturated heterocycles. The Balaban J connectivity index is 1.41. The third kappa shape index (κ3) is 2.99. The summed E-state index contributed by atoms with van der Waals surface area (Å²) in [5.74, 6) is 0.0263. The predicted octanol–water partition coefficient (Wildman–Crippen LogP) is 1.65. The van der Waals surface area contributed by atoms with Gasteiger partial charge in [-0.2, -0.15) is 0 Å². The Morgan fingerprint density at radius 1 is 1.38 bits per heavy atom. The van der Waals surface area contributed by atoms with Gasteiger partial charge in [-0.05, 0) is 31.0 Å². The smallest absolute Gasteiger partial charge is 0.316 e. The number of amides is 1. The van der Waals surface area contributed by atoms with Gasteiger partial charge >= 0.3 is 6.01 Å². The maximum atomic E-state index is 12.6. The highest BCUT2D eigenvalue weighted by Gasteiger charge is 2.45. The van der Waals surface area contributed by atoms with E-state index in [0.717, 1.165) is 25.8 Å². The summed E-state index contributed by atoms with van der Waals surface area (Å²) in [5.41, 5.74) is 0.301. The molecule has 7 nitrogen and oxygen atoms in total. The minimum absolute atomic E-state index is 0.0263. The van der Waals surface area contributed by atoms with Crippen molar-refractivity contribution < 1.29 is 14.3 Å². The molecule has 0 aromatic carbocycles. The molecule has 0 unspecified atom stereocenters. The average Bonchev–Trinajstić information content (AvgIpc) is 3.26. The Hall–Kier alpha value is -2.41. The van der Waals surface area contributed by atoms with Gasteiger partial charge in [-0.15, -0.1) is 0 Å². The monoisotopic (exact) mass is 328 g/mol. The van der Waals surface area contributed by atoms with E-state index in [1.54, 1.807) is 30.7 Å². The fourth-order valence-electron chi connectivity index (χ4n) is 3.56. The molecule has 1 N–H and O–H groups in total. The lowest BCUT2D eigenvalue weighted by Gasteiger charge is -2.39. The van der Waals surface area contributed by atoms with Crippen molar-refractivity contribution in [3.05, 3.63) is 42.5 Å². The van der Waals surface area contributed by atoms with Gasteiger partial charge < -0.3 is 19.4 Å². The zero-order valence-electron chi connectivity index (χ0n) is 13.4. The van der Waals surface area contributed by atoms with Crippen molar-refractivity contribution in [1.82, 2.24) is 19.9 Å². The van der Waals surface area contributed by atoms with Gasteiger partial charge in [0.25, 0.3) is 5.91 Å². The minimum atomic E-state index is -0.319. The van der Waals surface area contributed by atoms with Gasteiger partial charge in [-0.1, -0.05) is 0 Å². The van der Waals surface area contributed by atoms with Crippen LogP contribution < -0.4 is 4.74 Å². The summed E-state index contributed by atoms with van der Waals surface area (Å²) >= 11 is 0. The molecular formula is C17H20N4O3. The van der Waals surface area contributed by atoms with Crippen LogP contribution in [0.2, 0.25) is 0 Å². The van der Waals surface area contributed by atoms with Crippen molar-refractivity contribution in [1.29, 1.82) is 0 Å². The van der Waals surface area contributed by atoms with Crippen LogP contribution >= 0.6 is 0 Å². The number of rotatable bonds is 3. The summed E-state index contributed by atoms with van der Waals surface area (Å²) in [6.07, 6.45) is 7.63. The van der Waals surface area contributed by atoms with Crippen molar-refractivity contribution in [2.24, 2.45) is 0 Å². The molecular weight excluding hydrogens is 308 g/mol. The second kappa shape index (κ2) is 6.24. The van der Waals surface area contributed by atoms with Crippen molar-refractivity contribution >= 4 is 5.91 Å². The molecule has 2 atom stereocenters. The number of nitrogens with zero attached hydrogens (tertiary/aromatic N) is 3. The number of carbonyl (C=O) groups excluding carboxylic acids is 1. The number of ether oxygens (including phenoxy) is 2. The Bertz CT molecular complexity index is 691. The summed E-state index contributed by atoms with van der Waals surface area (Å²) in [7, 11) is 0. The van der Waals surface area contributed by atoms with Gasteiger partial charge in [-0.3, -0.25) is 4.79 Å². The first kappa shape index (κ1) is 15.1. The Kier molecular flexibility index (Phi) is 3.93. The number of piperidine rings is 1. The molecule has 2 aromatic rings.